The molecule has 2 aromatic carbocycles. The summed E-state index contributed by atoms with van der Waals surface area (Å²) in [7, 11) is 0. The normalized spacial score (nSPS) is 11.4. The molecule has 3 aromatic heterocycles. The average Bonchev–Trinajstić information content (AvgIpc) is 3.23. The molecular weight excluding hydrogens is 420 g/mol. The fourth-order valence-corrected chi connectivity index (χ4v) is 4.40. The third-order valence-electron chi connectivity index (χ3n) is 4.73. The maximum absolute atomic E-state index is 13.4. The Balaban J connectivity index is 1.66. The standard InChI is InChI=1S/C21H15ClN6OS/c1-12-5-7-13(8-6-12)28-16(27-15-4-2-3-14(22)17(15)21(28)29)9-30-20-18-19(24-10-23-18)25-11-26-20/h2-8,10-11H,9H2,1H3,(H,23,24,25,26). The third kappa shape index (κ3) is 3.24. The summed E-state index contributed by atoms with van der Waals surface area (Å²) in [6, 6.07) is 13.1. The number of imidazole rings is 1. The number of H-pyrrole nitrogens is 1. The quantitative estimate of drug-likeness (QED) is 0.335. The number of rotatable bonds is 4. The maximum atomic E-state index is 13.4. The Morgan fingerprint density at radius 3 is 2.77 bits per heavy atom. The first kappa shape index (κ1) is 18.8. The van der Waals surface area contributed by atoms with Gasteiger partial charge in [0.2, 0.25) is 0 Å². The molecule has 0 radical (unpaired) electrons. The van der Waals surface area contributed by atoms with E-state index in [0.717, 1.165) is 21.8 Å². The molecule has 9 heteroatoms. The summed E-state index contributed by atoms with van der Waals surface area (Å²) in [5, 5.41) is 1.54. The summed E-state index contributed by atoms with van der Waals surface area (Å²) in [6.07, 6.45) is 3.06. The third-order valence-corrected chi connectivity index (χ3v) is 6.04. The van der Waals surface area contributed by atoms with Gasteiger partial charge in [0, 0.05) is 0 Å². The topological polar surface area (TPSA) is 89.3 Å². The van der Waals surface area contributed by atoms with Gasteiger partial charge in [0.25, 0.3) is 5.56 Å². The number of aryl methyl sites for hydroxylation is 1. The van der Waals surface area contributed by atoms with Crippen molar-refractivity contribution in [3.05, 3.63) is 81.9 Å². The lowest BCUT2D eigenvalue weighted by Gasteiger charge is -2.14. The van der Waals surface area contributed by atoms with Crippen molar-refractivity contribution in [3.8, 4) is 5.69 Å². The molecule has 3 heterocycles. The van der Waals surface area contributed by atoms with Crippen molar-refractivity contribution in [2.45, 2.75) is 17.7 Å². The lowest BCUT2D eigenvalue weighted by atomic mass is 10.2. The number of aromatic amines is 1. The fourth-order valence-electron chi connectivity index (χ4n) is 3.28. The number of benzene rings is 2. The Morgan fingerprint density at radius 1 is 1.10 bits per heavy atom. The number of thioether (sulfide) groups is 1. The molecule has 0 spiro atoms. The minimum Gasteiger partial charge on any atom is -0.341 e. The molecule has 0 aliphatic rings. The van der Waals surface area contributed by atoms with E-state index in [9.17, 15) is 4.79 Å². The first-order valence-corrected chi connectivity index (χ1v) is 10.5. The van der Waals surface area contributed by atoms with Crippen molar-refractivity contribution in [1.29, 1.82) is 0 Å². The molecular formula is C21H15ClN6OS. The molecule has 0 aliphatic carbocycles. The summed E-state index contributed by atoms with van der Waals surface area (Å²) in [4.78, 5) is 33.9. The minimum atomic E-state index is -0.195. The zero-order valence-electron chi connectivity index (χ0n) is 15.8. The lowest BCUT2D eigenvalue weighted by molar-refractivity contribution is 0.882. The number of halogens is 1. The predicted octanol–water partition coefficient (Wildman–Crippen LogP) is 4.31. The van der Waals surface area contributed by atoms with Crippen molar-refractivity contribution in [1.82, 2.24) is 29.5 Å². The number of nitrogens with one attached hydrogen (secondary N) is 1. The second kappa shape index (κ2) is 7.55. The van der Waals surface area contributed by atoms with Crippen LogP contribution < -0.4 is 5.56 Å². The molecule has 0 unspecified atom stereocenters. The van der Waals surface area contributed by atoms with E-state index in [1.54, 1.807) is 29.1 Å². The highest BCUT2D eigenvalue weighted by Gasteiger charge is 2.16. The molecule has 0 amide bonds. The molecule has 0 aliphatic heterocycles. The molecule has 0 saturated carbocycles. The maximum Gasteiger partial charge on any atom is 0.267 e. The Bertz CT molecular complexity index is 1440. The zero-order valence-corrected chi connectivity index (χ0v) is 17.4. The zero-order chi connectivity index (χ0) is 20.7. The summed E-state index contributed by atoms with van der Waals surface area (Å²) in [5.41, 5.74) is 3.58. The highest BCUT2D eigenvalue weighted by atomic mass is 35.5. The van der Waals surface area contributed by atoms with Crippen LogP contribution in [-0.2, 0) is 5.75 Å². The SMILES string of the molecule is Cc1ccc(-n2c(CSc3ncnc4nc[nH]c34)nc3cccc(Cl)c3c2=O)cc1. The van der Waals surface area contributed by atoms with E-state index in [4.69, 9.17) is 16.6 Å². The molecule has 0 saturated heterocycles. The van der Waals surface area contributed by atoms with E-state index in [-0.39, 0.29) is 5.56 Å². The van der Waals surface area contributed by atoms with E-state index < -0.39 is 0 Å². The molecule has 30 heavy (non-hydrogen) atoms. The van der Waals surface area contributed by atoms with Crippen molar-refractivity contribution in [3.63, 3.8) is 0 Å². The van der Waals surface area contributed by atoms with Gasteiger partial charge in [-0.05, 0) is 31.2 Å². The minimum absolute atomic E-state index is 0.195. The Hall–Kier alpha value is -3.23. The van der Waals surface area contributed by atoms with E-state index in [1.807, 2.05) is 31.2 Å². The highest BCUT2D eigenvalue weighted by Crippen LogP contribution is 2.27. The molecule has 5 rings (SSSR count). The van der Waals surface area contributed by atoms with Gasteiger partial charge in [0.1, 0.15) is 22.7 Å². The van der Waals surface area contributed by atoms with E-state index >= 15 is 0 Å². The van der Waals surface area contributed by atoms with Gasteiger partial charge in [-0.15, -0.1) is 0 Å². The van der Waals surface area contributed by atoms with Crippen LogP contribution in [0.3, 0.4) is 0 Å². The van der Waals surface area contributed by atoms with Gasteiger partial charge in [-0.25, -0.2) is 19.9 Å². The average molecular weight is 435 g/mol. The van der Waals surface area contributed by atoms with Crippen LogP contribution in [0, 0.1) is 6.92 Å². The summed E-state index contributed by atoms with van der Waals surface area (Å²) < 4.78 is 1.62. The van der Waals surface area contributed by atoms with Crippen LogP contribution in [0.4, 0.5) is 0 Å². The molecule has 5 aromatic rings. The molecule has 0 atom stereocenters. The van der Waals surface area contributed by atoms with Gasteiger partial charge in [-0.2, -0.15) is 0 Å². The van der Waals surface area contributed by atoms with Gasteiger partial charge in [0.15, 0.2) is 5.65 Å². The van der Waals surface area contributed by atoms with Crippen LogP contribution in [0.1, 0.15) is 11.4 Å². The van der Waals surface area contributed by atoms with E-state index in [0.29, 0.717) is 33.1 Å². The Labute approximate surface area is 180 Å². The first-order chi connectivity index (χ1) is 14.6. The monoisotopic (exact) mass is 434 g/mol. The highest BCUT2D eigenvalue weighted by molar-refractivity contribution is 7.98. The van der Waals surface area contributed by atoms with Crippen LogP contribution in [0.2, 0.25) is 5.02 Å². The fraction of sp³-hybridized carbons (Fsp3) is 0.0952. The molecule has 148 valence electrons. The van der Waals surface area contributed by atoms with Crippen molar-refractivity contribution in [2.24, 2.45) is 0 Å². The number of aromatic nitrogens is 6. The smallest absolute Gasteiger partial charge is 0.267 e. The predicted molar refractivity (Wildman–Crippen MR) is 118 cm³/mol. The largest absolute Gasteiger partial charge is 0.341 e. The second-order valence-corrected chi connectivity index (χ2v) is 8.08. The summed E-state index contributed by atoms with van der Waals surface area (Å²) in [5.74, 6) is 1.03. The van der Waals surface area contributed by atoms with Crippen LogP contribution in [0.15, 0.2) is 64.9 Å². The molecule has 0 fully saturated rings. The Kier molecular flexibility index (Phi) is 4.72. The number of hydrogen-bond acceptors (Lipinski definition) is 6. The van der Waals surface area contributed by atoms with Gasteiger partial charge >= 0.3 is 0 Å². The Morgan fingerprint density at radius 2 is 1.93 bits per heavy atom. The molecule has 1 N–H and O–H groups in total. The second-order valence-electron chi connectivity index (χ2n) is 6.71. The van der Waals surface area contributed by atoms with Gasteiger partial charge in [0.05, 0.1) is 33.7 Å². The van der Waals surface area contributed by atoms with Crippen LogP contribution in [-0.4, -0.2) is 29.5 Å². The lowest BCUT2D eigenvalue weighted by Crippen LogP contribution is -2.24. The van der Waals surface area contributed by atoms with Crippen LogP contribution >= 0.6 is 23.4 Å². The summed E-state index contributed by atoms with van der Waals surface area (Å²) in [6.45, 7) is 2.00. The first-order valence-electron chi connectivity index (χ1n) is 9.16. The summed E-state index contributed by atoms with van der Waals surface area (Å²) >= 11 is 7.80. The molecule has 7 nitrogen and oxygen atoms in total. The van der Waals surface area contributed by atoms with E-state index in [1.165, 1.54) is 18.1 Å². The van der Waals surface area contributed by atoms with Gasteiger partial charge < -0.3 is 4.98 Å². The van der Waals surface area contributed by atoms with Crippen LogP contribution in [0.25, 0.3) is 27.8 Å². The molecule has 0 bridgehead atoms. The number of fused-ring (bicyclic) bond motifs is 2. The van der Waals surface area contributed by atoms with E-state index in [2.05, 4.69) is 19.9 Å². The van der Waals surface area contributed by atoms with Crippen LogP contribution in [0.5, 0.6) is 0 Å². The van der Waals surface area contributed by atoms with Gasteiger partial charge in [-0.3, -0.25) is 9.36 Å². The number of hydrogen-bond donors (Lipinski definition) is 1. The van der Waals surface area contributed by atoms with Crippen molar-refractivity contribution < 1.29 is 0 Å². The van der Waals surface area contributed by atoms with Crippen molar-refractivity contribution >= 4 is 45.4 Å². The van der Waals surface area contributed by atoms with Crippen molar-refractivity contribution in [2.75, 3.05) is 0 Å². The van der Waals surface area contributed by atoms with Gasteiger partial charge in [-0.1, -0.05) is 47.1 Å². The number of nitrogens with zero attached hydrogens (tertiary/aromatic N) is 5.